The van der Waals surface area contributed by atoms with Crippen molar-refractivity contribution in [1.82, 2.24) is 4.90 Å². The second-order valence-electron chi connectivity index (χ2n) is 6.65. The minimum Gasteiger partial charge on any atom is -0.368 e. The van der Waals surface area contributed by atoms with E-state index in [9.17, 15) is 14.4 Å². The topological polar surface area (TPSA) is 80.5 Å². The van der Waals surface area contributed by atoms with Gasteiger partial charge in [-0.25, -0.2) is 0 Å². The number of allylic oxidation sites excluding steroid dienone is 2. The number of rotatable bonds is 4. The molecule has 2 bridgehead atoms. The number of hydrogen-bond donors (Lipinski definition) is 1. The molecule has 2 aliphatic carbocycles. The predicted octanol–water partition coefficient (Wildman–Crippen LogP) is 0.890. The largest absolute Gasteiger partial charge is 0.368 e. The Kier molecular flexibility index (Phi) is 3.11. The smallest absolute Gasteiger partial charge is 0.241 e. The van der Waals surface area contributed by atoms with Crippen molar-refractivity contribution in [2.24, 2.45) is 29.4 Å². The van der Waals surface area contributed by atoms with E-state index in [1.165, 1.54) is 0 Å². The van der Waals surface area contributed by atoms with Crippen LogP contribution in [0.4, 0.5) is 0 Å². The molecule has 2 fully saturated rings. The van der Waals surface area contributed by atoms with Crippen molar-refractivity contribution in [2.45, 2.75) is 18.9 Å². The predicted molar refractivity (Wildman–Crippen MR) is 82.7 cm³/mol. The summed E-state index contributed by atoms with van der Waals surface area (Å²) in [6, 6.07) is 8.44. The van der Waals surface area contributed by atoms with Crippen molar-refractivity contribution in [3.8, 4) is 0 Å². The first kappa shape index (κ1) is 14.2. The number of amides is 3. The fourth-order valence-corrected chi connectivity index (χ4v) is 4.39. The molecule has 0 unspecified atom stereocenters. The average Bonchev–Trinajstić information content (AvgIpc) is 3.21. The molecule has 5 atom stereocenters. The van der Waals surface area contributed by atoms with E-state index < -0.39 is 11.9 Å². The van der Waals surface area contributed by atoms with Crippen LogP contribution in [0.3, 0.4) is 0 Å². The maximum absolute atomic E-state index is 12.8. The second kappa shape index (κ2) is 5.05. The zero-order valence-electron chi connectivity index (χ0n) is 12.6. The van der Waals surface area contributed by atoms with Crippen molar-refractivity contribution >= 4 is 17.7 Å². The third kappa shape index (κ3) is 2.03. The van der Waals surface area contributed by atoms with Crippen molar-refractivity contribution < 1.29 is 14.4 Å². The Balaban J connectivity index is 1.64. The molecule has 4 rings (SSSR count). The first-order valence-electron chi connectivity index (χ1n) is 7.96. The molecule has 5 nitrogen and oxygen atoms in total. The molecule has 3 amide bonds. The lowest BCUT2D eigenvalue weighted by Gasteiger charge is -2.25. The number of hydrogen-bond acceptors (Lipinski definition) is 3. The maximum atomic E-state index is 12.8. The van der Waals surface area contributed by atoms with E-state index >= 15 is 0 Å². The monoisotopic (exact) mass is 310 g/mol. The Morgan fingerprint density at radius 2 is 1.65 bits per heavy atom. The zero-order chi connectivity index (χ0) is 16.1. The van der Waals surface area contributed by atoms with Gasteiger partial charge in [-0.3, -0.25) is 19.3 Å². The summed E-state index contributed by atoms with van der Waals surface area (Å²) in [5.74, 6) is -1.40. The SMILES string of the molecule is NC(=O)[C@H](Cc1ccccc1)N1C(=O)[C@H]2[C@H](C1=O)[C@H]1C=C[C@H]2C1. The molecule has 5 heteroatoms. The molecule has 23 heavy (non-hydrogen) atoms. The lowest BCUT2D eigenvalue weighted by molar-refractivity contribution is -0.147. The highest BCUT2D eigenvalue weighted by Gasteiger charge is 2.60. The molecule has 118 valence electrons. The van der Waals surface area contributed by atoms with E-state index in [0.29, 0.717) is 0 Å². The first-order valence-corrected chi connectivity index (χ1v) is 7.96. The van der Waals surface area contributed by atoms with Gasteiger partial charge in [-0.05, 0) is 23.8 Å². The standard InChI is InChI=1S/C18H18N2O3/c19-16(21)13(8-10-4-2-1-3-5-10)20-17(22)14-11-6-7-12(9-11)15(14)18(20)23/h1-7,11-15H,8-9H2,(H2,19,21)/t11-,12-,13-,14+,15+/m0/s1. The van der Waals surface area contributed by atoms with Gasteiger partial charge in [0, 0.05) is 6.42 Å². The number of nitrogens with two attached hydrogens (primary N) is 1. The van der Waals surface area contributed by atoms with Crippen LogP contribution in [-0.4, -0.2) is 28.7 Å². The summed E-state index contributed by atoms with van der Waals surface area (Å²) in [7, 11) is 0. The summed E-state index contributed by atoms with van der Waals surface area (Å²) in [6.45, 7) is 0. The Hall–Kier alpha value is -2.43. The third-order valence-electron chi connectivity index (χ3n) is 5.42. The van der Waals surface area contributed by atoms with Gasteiger partial charge in [0.2, 0.25) is 17.7 Å². The summed E-state index contributed by atoms with van der Waals surface area (Å²) < 4.78 is 0. The van der Waals surface area contributed by atoms with Crippen molar-refractivity contribution in [3.63, 3.8) is 0 Å². The second-order valence-corrected chi connectivity index (χ2v) is 6.65. The van der Waals surface area contributed by atoms with Gasteiger partial charge in [0.25, 0.3) is 0 Å². The van der Waals surface area contributed by atoms with Crippen molar-refractivity contribution in [3.05, 3.63) is 48.0 Å². The van der Waals surface area contributed by atoms with Crippen molar-refractivity contribution in [2.75, 3.05) is 0 Å². The molecule has 1 aliphatic heterocycles. The highest BCUT2D eigenvalue weighted by atomic mass is 16.2. The summed E-state index contributed by atoms with van der Waals surface area (Å²) in [5.41, 5.74) is 6.41. The van der Waals surface area contributed by atoms with Crippen molar-refractivity contribution in [1.29, 1.82) is 0 Å². The fourth-order valence-electron chi connectivity index (χ4n) is 4.39. The molecule has 1 saturated carbocycles. The van der Waals surface area contributed by atoms with E-state index in [2.05, 4.69) is 0 Å². The maximum Gasteiger partial charge on any atom is 0.241 e. The number of carbonyl (C=O) groups is 3. The lowest BCUT2D eigenvalue weighted by atomic mass is 9.85. The highest BCUT2D eigenvalue weighted by Crippen LogP contribution is 2.52. The Labute approximate surface area is 134 Å². The van der Waals surface area contributed by atoms with Crippen LogP contribution in [0.1, 0.15) is 12.0 Å². The Bertz CT molecular complexity index is 682. The number of fused-ring (bicyclic) bond motifs is 5. The van der Waals surface area contributed by atoms with Crippen LogP contribution in [0.2, 0.25) is 0 Å². The molecule has 0 spiro atoms. The van der Waals surface area contributed by atoms with Gasteiger partial charge < -0.3 is 5.73 Å². The minimum absolute atomic E-state index is 0.136. The Morgan fingerprint density at radius 1 is 1.09 bits per heavy atom. The average molecular weight is 310 g/mol. The van der Waals surface area contributed by atoms with Crippen LogP contribution in [0, 0.1) is 23.7 Å². The number of nitrogens with zero attached hydrogens (tertiary/aromatic N) is 1. The van der Waals surface area contributed by atoms with Crippen LogP contribution < -0.4 is 5.73 Å². The van der Waals surface area contributed by atoms with Gasteiger partial charge in [0.05, 0.1) is 11.8 Å². The van der Waals surface area contributed by atoms with E-state index in [0.717, 1.165) is 16.9 Å². The van der Waals surface area contributed by atoms with Gasteiger partial charge in [-0.15, -0.1) is 0 Å². The fraction of sp³-hybridized carbons (Fsp3) is 0.389. The van der Waals surface area contributed by atoms with E-state index in [4.69, 9.17) is 5.73 Å². The van der Waals surface area contributed by atoms with Gasteiger partial charge >= 0.3 is 0 Å². The number of likely N-dealkylation sites (tertiary alicyclic amines) is 1. The van der Waals surface area contributed by atoms with Crippen LogP contribution in [0.25, 0.3) is 0 Å². The summed E-state index contributed by atoms with van der Waals surface area (Å²) in [4.78, 5) is 38.7. The minimum atomic E-state index is -0.901. The normalized spacial score (nSPS) is 32.4. The molecular formula is C18H18N2O3. The van der Waals surface area contributed by atoms with Gasteiger partial charge in [0.15, 0.2) is 0 Å². The van der Waals surface area contributed by atoms with Crippen LogP contribution in [0.5, 0.6) is 0 Å². The van der Waals surface area contributed by atoms with Gasteiger partial charge in [-0.2, -0.15) is 0 Å². The quantitative estimate of drug-likeness (QED) is 0.662. The van der Waals surface area contributed by atoms with E-state index in [-0.39, 0.29) is 41.9 Å². The first-order chi connectivity index (χ1) is 11.1. The summed E-state index contributed by atoms with van der Waals surface area (Å²) in [6.07, 6.45) is 5.23. The molecule has 1 aromatic carbocycles. The number of benzene rings is 1. The highest BCUT2D eigenvalue weighted by molar-refractivity contribution is 6.09. The zero-order valence-corrected chi connectivity index (χ0v) is 12.6. The molecule has 0 aromatic heterocycles. The van der Waals surface area contributed by atoms with E-state index in [1.54, 1.807) is 0 Å². The molecule has 1 heterocycles. The summed E-state index contributed by atoms with van der Waals surface area (Å²) >= 11 is 0. The van der Waals surface area contributed by atoms with E-state index in [1.807, 2.05) is 42.5 Å². The molecular weight excluding hydrogens is 292 g/mol. The van der Waals surface area contributed by atoms with Crippen LogP contribution in [0.15, 0.2) is 42.5 Å². The van der Waals surface area contributed by atoms with Gasteiger partial charge in [-0.1, -0.05) is 42.5 Å². The Morgan fingerprint density at radius 3 is 2.17 bits per heavy atom. The number of carbonyl (C=O) groups excluding carboxylic acids is 3. The molecule has 1 saturated heterocycles. The lowest BCUT2D eigenvalue weighted by Crippen LogP contribution is -2.50. The molecule has 1 aromatic rings. The molecule has 2 N–H and O–H groups in total. The molecule has 3 aliphatic rings. The van der Waals surface area contributed by atoms with Crippen LogP contribution in [-0.2, 0) is 20.8 Å². The number of primary amides is 1. The molecule has 0 radical (unpaired) electrons. The van der Waals surface area contributed by atoms with Gasteiger partial charge in [0.1, 0.15) is 6.04 Å². The summed E-state index contributed by atoms with van der Waals surface area (Å²) in [5, 5.41) is 0. The third-order valence-corrected chi connectivity index (χ3v) is 5.42. The number of imide groups is 1. The van der Waals surface area contributed by atoms with Crippen LogP contribution >= 0.6 is 0 Å².